The van der Waals surface area contributed by atoms with Crippen LogP contribution in [0, 0.1) is 5.92 Å². The number of benzene rings is 1. The molecule has 168 valence electrons. The van der Waals surface area contributed by atoms with Crippen LogP contribution >= 0.6 is 0 Å². The third-order valence-corrected chi connectivity index (χ3v) is 6.32. The topological polar surface area (TPSA) is 103 Å². The van der Waals surface area contributed by atoms with E-state index in [4.69, 9.17) is 0 Å². The van der Waals surface area contributed by atoms with Crippen molar-refractivity contribution < 1.29 is 26.4 Å². The number of sulfonamides is 1. The van der Waals surface area contributed by atoms with Crippen molar-refractivity contribution in [3.63, 3.8) is 0 Å². The average molecular weight is 449 g/mol. The van der Waals surface area contributed by atoms with Crippen molar-refractivity contribution >= 4 is 27.6 Å². The van der Waals surface area contributed by atoms with E-state index >= 15 is 0 Å². The van der Waals surface area contributed by atoms with Crippen LogP contribution < -0.4 is 16.0 Å². The van der Waals surface area contributed by atoms with Crippen LogP contribution in [0.25, 0.3) is 0 Å². The molecule has 0 aromatic heterocycles. The summed E-state index contributed by atoms with van der Waals surface area (Å²) >= 11 is 0. The van der Waals surface area contributed by atoms with Gasteiger partial charge in [0.25, 0.3) is 0 Å². The highest BCUT2D eigenvalue weighted by Crippen LogP contribution is 2.30. The Morgan fingerprint density at radius 2 is 1.90 bits per heavy atom. The van der Waals surface area contributed by atoms with Gasteiger partial charge in [-0.1, -0.05) is 12.1 Å². The number of anilines is 1. The molecule has 0 saturated carbocycles. The molecular formula is C18H26F3N5O3S. The number of hydrogen-bond acceptors (Lipinski definition) is 4. The third kappa shape index (κ3) is 6.59. The predicted octanol–water partition coefficient (Wildman–Crippen LogP) is 1.87. The number of carbonyl (C=O) groups is 1. The molecule has 1 fully saturated rings. The van der Waals surface area contributed by atoms with Crippen LogP contribution in [0.15, 0.2) is 29.3 Å². The summed E-state index contributed by atoms with van der Waals surface area (Å²) in [5.74, 6) is 0.392. The molecule has 0 spiro atoms. The summed E-state index contributed by atoms with van der Waals surface area (Å²) in [5.41, 5.74) is -3.65. The number of hydrogen-bond donors (Lipinski definition) is 3. The van der Waals surface area contributed by atoms with Crippen LogP contribution in [0.5, 0.6) is 0 Å². The maximum absolute atomic E-state index is 12.6. The number of amides is 1. The van der Waals surface area contributed by atoms with Gasteiger partial charge in [0.05, 0.1) is 0 Å². The molecule has 1 aromatic carbocycles. The minimum Gasteiger partial charge on any atom is -0.356 e. The minimum absolute atomic E-state index is 0.0336. The molecule has 1 heterocycles. The van der Waals surface area contributed by atoms with Crippen LogP contribution in [0.3, 0.4) is 0 Å². The Balaban J connectivity index is 1.80. The number of aliphatic imine (C=N–C) groups is 1. The van der Waals surface area contributed by atoms with Gasteiger partial charge in [-0.2, -0.15) is 17.5 Å². The van der Waals surface area contributed by atoms with E-state index in [1.807, 2.05) is 18.2 Å². The molecule has 8 nitrogen and oxygen atoms in total. The molecule has 1 aliphatic rings. The fourth-order valence-corrected chi connectivity index (χ4v) is 4.09. The number of carbonyl (C=O) groups excluding carboxylic acids is 1. The van der Waals surface area contributed by atoms with E-state index in [0.717, 1.165) is 5.56 Å². The number of nitrogens with zero attached hydrogens (tertiary/aromatic N) is 2. The molecule has 1 saturated heterocycles. The number of piperidine rings is 1. The van der Waals surface area contributed by atoms with Crippen LogP contribution in [-0.4, -0.2) is 56.8 Å². The molecule has 0 atom stereocenters. The van der Waals surface area contributed by atoms with Gasteiger partial charge in [-0.25, -0.2) is 8.42 Å². The zero-order valence-corrected chi connectivity index (χ0v) is 17.6. The molecule has 1 amide bonds. The van der Waals surface area contributed by atoms with Gasteiger partial charge < -0.3 is 16.0 Å². The summed E-state index contributed by atoms with van der Waals surface area (Å²) in [7, 11) is -3.66. The lowest BCUT2D eigenvalue weighted by Gasteiger charge is -2.31. The van der Waals surface area contributed by atoms with Gasteiger partial charge in [0.2, 0.25) is 5.91 Å². The molecule has 0 bridgehead atoms. The zero-order valence-electron chi connectivity index (χ0n) is 16.8. The maximum Gasteiger partial charge on any atom is 0.511 e. The first-order valence-electron chi connectivity index (χ1n) is 9.40. The molecule has 1 aromatic rings. The van der Waals surface area contributed by atoms with E-state index in [-0.39, 0.29) is 24.9 Å². The van der Waals surface area contributed by atoms with E-state index in [2.05, 4.69) is 20.9 Å². The lowest BCUT2D eigenvalue weighted by molar-refractivity contribution is -0.114. The fraction of sp³-hybridized carbons (Fsp3) is 0.556. The van der Waals surface area contributed by atoms with Crippen molar-refractivity contribution in [3.05, 3.63) is 29.8 Å². The van der Waals surface area contributed by atoms with Gasteiger partial charge in [-0.05, 0) is 36.5 Å². The van der Waals surface area contributed by atoms with Crippen LogP contribution in [0.2, 0.25) is 0 Å². The third-order valence-electron chi connectivity index (χ3n) is 4.70. The van der Waals surface area contributed by atoms with Gasteiger partial charge in [-0.15, -0.1) is 0 Å². The number of rotatable bonds is 6. The van der Waals surface area contributed by atoms with Crippen molar-refractivity contribution in [1.82, 2.24) is 14.9 Å². The summed E-state index contributed by atoms with van der Waals surface area (Å²) in [5, 5.41) is 8.96. The quantitative estimate of drug-likeness (QED) is 0.455. The van der Waals surface area contributed by atoms with Crippen molar-refractivity contribution in [2.45, 2.75) is 31.8 Å². The van der Waals surface area contributed by atoms with Crippen molar-refractivity contribution in [1.29, 1.82) is 0 Å². The monoisotopic (exact) mass is 449 g/mol. The largest absolute Gasteiger partial charge is 0.511 e. The Morgan fingerprint density at radius 1 is 1.23 bits per heavy atom. The van der Waals surface area contributed by atoms with Crippen LogP contribution in [-0.2, 0) is 21.4 Å². The summed E-state index contributed by atoms with van der Waals surface area (Å²) in [6, 6.07) is 7.32. The van der Waals surface area contributed by atoms with Gasteiger partial charge >= 0.3 is 15.5 Å². The second-order valence-electron chi connectivity index (χ2n) is 6.98. The van der Waals surface area contributed by atoms with Gasteiger partial charge in [0.15, 0.2) is 5.96 Å². The highest BCUT2D eigenvalue weighted by atomic mass is 32.2. The Labute approximate surface area is 174 Å². The summed E-state index contributed by atoms with van der Waals surface area (Å²) in [4.78, 5) is 15.3. The van der Waals surface area contributed by atoms with E-state index < -0.39 is 15.5 Å². The molecule has 12 heteroatoms. The minimum atomic E-state index is -5.26. The lowest BCUT2D eigenvalue weighted by atomic mass is 9.98. The van der Waals surface area contributed by atoms with Crippen molar-refractivity contribution in [2.75, 3.05) is 32.0 Å². The first-order chi connectivity index (χ1) is 14.0. The fourth-order valence-electron chi connectivity index (χ4n) is 3.11. The summed E-state index contributed by atoms with van der Waals surface area (Å²) in [6.45, 7) is 2.03. The summed E-state index contributed by atoms with van der Waals surface area (Å²) in [6.07, 6.45) is 0.663. The predicted molar refractivity (Wildman–Crippen MR) is 108 cm³/mol. The second kappa shape index (κ2) is 10.1. The number of nitrogens with one attached hydrogen (secondary N) is 3. The van der Waals surface area contributed by atoms with Gasteiger partial charge in [0, 0.05) is 45.8 Å². The van der Waals surface area contributed by atoms with E-state index in [0.29, 0.717) is 41.9 Å². The summed E-state index contributed by atoms with van der Waals surface area (Å²) < 4.78 is 61.3. The van der Waals surface area contributed by atoms with Gasteiger partial charge in [-0.3, -0.25) is 9.79 Å². The standard InChI is InChI=1S/C18H26F3N5O3S/c1-13(27)25-16-5-3-4-15(10-16)12-24-17(22-2)23-11-14-6-8-26(9-7-14)30(28,29)18(19,20)21/h3-5,10,14H,6-9,11-12H2,1-2H3,(H,25,27)(H2,22,23,24). The molecular weight excluding hydrogens is 423 g/mol. The Morgan fingerprint density at radius 3 is 2.47 bits per heavy atom. The molecule has 0 aliphatic carbocycles. The second-order valence-corrected chi connectivity index (χ2v) is 8.91. The maximum atomic E-state index is 12.6. The molecule has 3 N–H and O–H groups in total. The van der Waals surface area contributed by atoms with Crippen molar-refractivity contribution in [3.8, 4) is 0 Å². The Kier molecular flexibility index (Phi) is 8.07. The number of alkyl halides is 3. The molecule has 2 rings (SSSR count). The lowest BCUT2D eigenvalue weighted by Crippen LogP contribution is -2.47. The van der Waals surface area contributed by atoms with Crippen LogP contribution in [0.1, 0.15) is 25.3 Å². The highest BCUT2D eigenvalue weighted by Gasteiger charge is 2.50. The van der Waals surface area contributed by atoms with Crippen molar-refractivity contribution in [2.24, 2.45) is 10.9 Å². The van der Waals surface area contributed by atoms with E-state index in [1.54, 1.807) is 13.1 Å². The highest BCUT2D eigenvalue weighted by molar-refractivity contribution is 7.90. The molecule has 0 unspecified atom stereocenters. The smallest absolute Gasteiger partial charge is 0.356 e. The number of halogens is 3. The van der Waals surface area contributed by atoms with Crippen LogP contribution in [0.4, 0.5) is 18.9 Å². The Bertz CT molecular complexity index is 866. The van der Waals surface area contributed by atoms with E-state index in [9.17, 15) is 26.4 Å². The van der Waals surface area contributed by atoms with Gasteiger partial charge in [0.1, 0.15) is 0 Å². The average Bonchev–Trinajstić information content (AvgIpc) is 2.67. The normalized spacial score (nSPS) is 16.9. The Hall–Kier alpha value is -2.34. The molecule has 0 radical (unpaired) electrons. The number of guanidine groups is 1. The first kappa shape index (κ1) is 23.9. The van der Waals surface area contributed by atoms with E-state index in [1.165, 1.54) is 6.92 Å². The molecule has 1 aliphatic heterocycles. The first-order valence-corrected chi connectivity index (χ1v) is 10.8. The SMILES string of the molecule is CN=C(NCc1cccc(NC(C)=O)c1)NCC1CCN(S(=O)(=O)C(F)(F)F)CC1. The zero-order chi connectivity index (χ0) is 22.4. The molecule has 30 heavy (non-hydrogen) atoms.